The second-order valence-corrected chi connectivity index (χ2v) is 6.04. The summed E-state index contributed by atoms with van der Waals surface area (Å²) in [5.74, 6) is 0. The molecule has 3 aromatic rings. The van der Waals surface area contributed by atoms with E-state index >= 15 is 0 Å². The van der Waals surface area contributed by atoms with Gasteiger partial charge in [0.1, 0.15) is 7.05 Å². The number of nitrogens with zero attached hydrogens (tertiary/aromatic N) is 1. The summed E-state index contributed by atoms with van der Waals surface area (Å²) >= 11 is 0. The lowest BCUT2D eigenvalue weighted by Crippen LogP contribution is -2.30. The second kappa shape index (κ2) is 5.76. The lowest BCUT2D eigenvalue weighted by molar-refractivity contribution is -0.660. The molecule has 0 N–H and O–H groups in total. The lowest BCUT2D eigenvalue weighted by Gasteiger charge is -2.12. The highest BCUT2D eigenvalue weighted by Gasteiger charge is 2.14. The van der Waals surface area contributed by atoms with Crippen molar-refractivity contribution in [2.24, 2.45) is 7.05 Å². The van der Waals surface area contributed by atoms with E-state index in [2.05, 4.69) is 93.2 Å². The molecule has 0 saturated carbocycles. The zero-order chi connectivity index (χ0) is 15.7. The third-order valence-corrected chi connectivity index (χ3v) is 4.26. The Morgan fingerprint density at radius 3 is 2.09 bits per heavy atom. The molecular weight excluding hydrogens is 266 g/mol. The first-order valence-corrected chi connectivity index (χ1v) is 7.69. The number of hydrogen-bond donors (Lipinski definition) is 0. The Bertz CT molecular complexity index is 814. The maximum Gasteiger partial charge on any atom is 0.212 e. The van der Waals surface area contributed by atoms with Crippen LogP contribution in [0.15, 0.2) is 60.8 Å². The molecule has 1 heterocycles. The summed E-state index contributed by atoms with van der Waals surface area (Å²) in [7, 11) is 2.10. The van der Waals surface area contributed by atoms with E-state index in [4.69, 9.17) is 0 Å². The Morgan fingerprint density at radius 2 is 1.41 bits per heavy atom. The van der Waals surface area contributed by atoms with Crippen molar-refractivity contribution in [3.8, 4) is 22.4 Å². The van der Waals surface area contributed by atoms with Crippen LogP contribution in [0.4, 0.5) is 0 Å². The maximum atomic E-state index is 2.32. The van der Waals surface area contributed by atoms with Crippen LogP contribution in [0.2, 0.25) is 0 Å². The van der Waals surface area contributed by atoms with Gasteiger partial charge in [0.05, 0.1) is 0 Å². The first-order chi connectivity index (χ1) is 10.6. The van der Waals surface area contributed by atoms with Crippen molar-refractivity contribution in [2.75, 3.05) is 0 Å². The summed E-state index contributed by atoms with van der Waals surface area (Å²) < 4.78 is 2.18. The summed E-state index contributed by atoms with van der Waals surface area (Å²) in [6.45, 7) is 6.51. The SMILES string of the molecule is Cc1ccc(-c2cc(-c3cccc[n+]3C)c(C)cc2C)cc1. The number of aryl methyl sites for hydroxylation is 4. The summed E-state index contributed by atoms with van der Waals surface area (Å²) in [4.78, 5) is 0. The van der Waals surface area contributed by atoms with Crippen LogP contribution in [0.1, 0.15) is 16.7 Å². The monoisotopic (exact) mass is 288 g/mol. The molecule has 0 aliphatic carbocycles. The molecule has 1 nitrogen and oxygen atoms in total. The van der Waals surface area contributed by atoms with E-state index in [9.17, 15) is 0 Å². The van der Waals surface area contributed by atoms with E-state index in [1.165, 1.54) is 39.1 Å². The van der Waals surface area contributed by atoms with Crippen LogP contribution in [0.3, 0.4) is 0 Å². The van der Waals surface area contributed by atoms with Crippen molar-refractivity contribution in [3.63, 3.8) is 0 Å². The van der Waals surface area contributed by atoms with Gasteiger partial charge in [0, 0.05) is 17.7 Å². The van der Waals surface area contributed by atoms with Gasteiger partial charge in [-0.2, -0.15) is 0 Å². The molecular formula is C21H22N+. The van der Waals surface area contributed by atoms with E-state index in [0.29, 0.717) is 0 Å². The van der Waals surface area contributed by atoms with Crippen LogP contribution in [0.5, 0.6) is 0 Å². The smallest absolute Gasteiger partial charge is 0.201 e. The van der Waals surface area contributed by atoms with Gasteiger partial charge in [-0.3, -0.25) is 0 Å². The summed E-state index contributed by atoms with van der Waals surface area (Å²) in [5, 5.41) is 0. The minimum Gasteiger partial charge on any atom is -0.201 e. The largest absolute Gasteiger partial charge is 0.212 e. The molecule has 1 aromatic heterocycles. The van der Waals surface area contributed by atoms with E-state index in [0.717, 1.165) is 0 Å². The Morgan fingerprint density at radius 1 is 0.727 bits per heavy atom. The summed E-state index contributed by atoms with van der Waals surface area (Å²) in [6.07, 6.45) is 2.10. The fourth-order valence-electron chi connectivity index (χ4n) is 2.98. The summed E-state index contributed by atoms with van der Waals surface area (Å²) in [5.41, 5.74) is 9.06. The molecule has 2 aromatic carbocycles. The first-order valence-electron chi connectivity index (χ1n) is 7.69. The Kier molecular flexibility index (Phi) is 3.81. The molecule has 0 aliphatic heterocycles. The predicted molar refractivity (Wildman–Crippen MR) is 92.7 cm³/mol. The number of rotatable bonds is 2. The van der Waals surface area contributed by atoms with Crippen molar-refractivity contribution < 1.29 is 4.57 Å². The van der Waals surface area contributed by atoms with Crippen LogP contribution in [-0.2, 0) is 7.05 Å². The quantitative estimate of drug-likeness (QED) is 0.598. The van der Waals surface area contributed by atoms with Gasteiger partial charge in [-0.25, -0.2) is 4.57 Å². The Labute approximate surface area is 132 Å². The summed E-state index contributed by atoms with van der Waals surface area (Å²) in [6, 6.07) is 19.7. The standard InChI is InChI=1S/C21H22N/c1-15-8-10-18(11-9-15)19-14-20(17(3)13-16(19)2)21-7-5-6-12-22(21)4/h5-14H,1-4H3/q+1. The minimum absolute atomic E-state index is 1.24. The molecule has 0 unspecified atom stereocenters. The number of benzene rings is 2. The maximum absolute atomic E-state index is 2.32. The fourth-order valence-corrected chi connectivity index (χ4v) is 2.98. The highest BCUT2D eigenvalue weighted by Crippen LogP contribution is 2.31. The molecule has 0 spiro atoms. The van der Waals surface area contributed by atoms with Gasteiger partial charge in [0.2, 0.25) is 5.69 Å². The first kappa shape index (κ1) is 14.5. The van der Waals surface area contributed by atoms with Gasteiger partial charge in [-0.15, -0.1) is 0 Å². The van der Waals surface area contributed by atoms with E-state index in [-0.39, 0.29) is 0 Å². The van der Waals surface area contributed by atoms with Crippen molar-refractivity contribution in [1.29, 1.82) is 0 Å². The molecule has 0 bridgehead atoms. The number of aromatic nitrogens is 1. The predicted octanol–water partition coefficient (Wildman–Crippen LogP) is 4.77. The van der Waals surface area contributed by atoms with Crippen molar-refractivity contribution in [1.82, 2.24) is 0 Å². The molecule has 110 valence electrons. The van der Waals surface area contributed by atoms with Gasteiger partial charge in [0.25, 0.3) is 0 Å². The van der Waals surface area contributed by atoms with E-state index in [1.807, 2.05) is 0 Å². The third kappa shape index (κ3) is 2.67. The molecule has 22 heavy (non-hydrogen) atoms. The molecule has 0 fully saturated rings. The van der Waals surface area contributed by atoms with Crippen LogP contribution in [-0.4, -0.2) is 0 Å². The molecule has 0 atom stereocenters. The molecule has 0 saturated heterocycles. The highest BCUT2D eigenvalue weighted by molar-refractivity contribution is 5.75. The molecule has 3 rings (SSSR count). The lowest BCUT2D eigenvalue weighted by atomic mass is 9.93. The molecule has 0 amide bonds. The van der Waals surface area contributed by atoms with Gasteiger partial charge in [-0.05, 0) is 55.2 Å². The third-order valence-electron chi connectivity index (χ3n) is 4.26. The second-order valence-electron chi connectivity index (χ2n) is 6.04. The average molecular weight is 288 g/mol. The molecule has 1 heteroatoms. The van der Waals surface area contributed by atoms with Gasteiger partial charge < -0.3 is 0 Å². The van der Waals surface area contributed by atoms with Crippen LogP contribution in [0.25, 0.3) is 22.4 Å². The van der Waals surface area contributed by atoms with Crippen molar-refractivity contribution in [2.45, 2.75) is 20.8 Å². The van der Waals surface area contributed by atoms with Gasteiger partial charge >= 0.3 is 0 Å². The van der Waals surface area contributed by atoms with Crippen molar-refractivity contribution >= 4 is 0 Å². The average Bonchev–Trinajstić information content (AvgIpc) is 2.50. The molecule has 0 aliphatic rings. The molecule has 0 radical (unpaired) electrons. The number of pyridine rings is 1. The normalized spacial score (nSPS) is 10.7. The van der Waals surface area contributed by atoms with Gasteiger partial charge in [-0.1, -0.05) is 35.9 Å². The van der Waals surface area contributed by atoms with Crippen molar-refractivity contribution in [3.05, 3.63) is 77.5 Å². The fraction of sp³-hybridized carbons (Fsp3) is 0.190. The Hall–Kier alpha value is -2.41. The zero-order valence-electron chi connectivity index (χ0n) is 13.7. The number of hydrogen-bond acceptors (Lipinski definition) is 0. The highest BCUT2D eigenvalue weighted by atomic mass is 14.9. The minimum atomic E-state index is 1.24. The Balaban J connectivity index is 2.19. The van der Waals surface area contributed by atoms with E-state index < -0.39 is 0 Å². The van der Waals surface area contributed by atoms with Gasteiger partial charge in [0.15, 0.2) is 6.20 Å². The zero-order valence-corrected chi connectivity index (χ0v) is 13.7. The van der Waals surface area contributed by atoms with E-state index in [1.54, 1.807) is 0 Å². The van der Waals surface area contributed by atoms with Crippen LogP contribution >= 0.6 is 0 Å². The van der Waals surface area contributed by atoms with Crippen LogP contribution < -0.4 is 4.57 Å². The topological polar surface area (TPSA) is 3.88 Å². The van der Waals surface area contributed by atoms with Crippen LogP contribution in [0, 0.1) is 20.8 Å².